The van der Waals surface area contributed by atoms with Gasteiger partial charge in [0.1, 0.15) is 0 Å². The number of rotatable bonds is 8. The van der Waals surface area contributed by atoms with E-state index in [9.17, 15) is 8.78 Å². The summed E-state index contributed by atoms with van der Waals surface area (Å²) in [6.45, 7) is -1.74. The molecule has 19 heavy (non-hydrogen) atoms. The first-order chi connectivity index (χ1) is 9.19. The highest BCUT2D eigenvalue weighted by atomic mass is 19.3. The zero-order valence-electron chi connectivity index (χ0n) is 10.8. The topological polar surface area (TPSA) is 30.5 Å². The fourth-order valence-electron chi connectivity index (χ4n) is 1.62. The SMILES string of the molecule is C#CCCCNCc1cccc(OC)c1OC(F)F. The second-order valence-corrected chi connectivity index (χ2v) is 3.81. The Morgan fingerprint density at radius 1 is 1.42 bits per heavy atom. The van der Waals surface area contributed by atoms with Gasteiger partial charge in [-0.25, -0.2) is 0 Å². The standard InChI is InChI=1S/C14H17F2NO2/c1-3-4-5-9-17-10-11-7-6-8-12(18-2)13(11)19-14(15)16/h1,6-8,14,17H,4-5,9-10H2,2H3. The van der Waals surface area contributed by atoms with E-state index in [0.717, 1.165) is 13.0 Å². The summed E-state index contributed by atoms with van der Waals surface area (Å²) in [5.74, 6) is 2.91. The van der Waals surface area contributed by atoms with Gasteiger partial charge in [0.2, 0.25) is 0 Å². The molecule has 1 aromatic carbocycles. The molecule has 1 N–H and O–H groups in total. The molecule has 0 saturated carbocycles. The van der Waals surface area contributed by atoms with Crippen LogP contribution in [0.25, 0.3) is 0 Å². The molecule has 0 aliphatic rings. The van der Waals surface area contributed by atoms with E-state index in [2.05, 4.69) is 16.0 Å². The van der Waals surface area contributed by atoms with Gasteiger partial charge in [-0.1, -0.05) is 12.1 Å². The molecule has 0 spiro atoms. The van der Waals surface area contributed by atoms with Crippen LogP contribution in [0, 0.1) is 12.3 Å². The first-order valence-corrected chi connectivity index (χ1v) is 5.94. The molecule has 1 aromatic rings. The van der Waals surface area contributed by atoms with Gasteiger partial charge in [0.25, 0.3) is 0 Å². The van der Waals surface area contributed by atoms with Crippen LogP contribution in [0.2, 0.25) is 0 Å². The van der Waals surface area contributed by atoms with Crippen molar-refractivity contribution in [1.29, 1.82) is 0 Å². The summed E-state index contributed by atoms with van der Waals surface area (Å²) in [6.07, 6.45) is 6.67. The molecule has 5 heteroatoms. The molecule has 1 rings (SSSR count). The number of alkyl halides is 2. The highest BCUT2D eigenvalue weighted by Crippen LogP contribution is 2.32. The molecular formula is C14H17F2NO2. The maximum atomic E-state index is 12.4. The minimum absolute atomic E-state index is 0.0736. The molecule has 0 aromatic heterocycles. The summed E-state index contributed by atoms with van der Waals surface area (Å²) in [5.41, 5.74) is 0.625. The summed E-state index contributed by atoms with van der Waals surface area (Å²) < 4.78 is 34.3. The van der Waals surface area contributed by atoms with Gasteiger partial charge in [0, 0.05) is 18.5 Å². The van der Waals surface area contributed by atoms with Crippen molar-refractivity contribution in [1.82, 2.24) is 5.32 Å². The van der Waals surface area contributed by atoms with Crippen molar-refractivity contribution in [2.75, 3.05) is 13.7 Å². The van der Waals surface area contributed by atoms with Crippen LogP contribution in [0.5, 0.6) is 11.5 Å². The van der Waals surface area contributed by atoms with Crippen molar-refractivity contribution >= 4 is 0 Å². The Bertz CT molecular complexity index is 430. The second-order valence-electron chi connectivity index (χ2n) is 3.81. The van der Waals surface area contributed by atoms with Gasteiger partial charge in [-0.2, -0.15) is 8.78 Å². The van der Waals surface area contributed by atoms with Crippen LogP contribution < -0.4 is 14.8 Å². The van der Waals surface area contributed by atoms with Crippen LogP contribution in [0.1, 0.15) is 18.4 Å². The number of benzene rings is 1. The zero-order valence-corrected chi connectivity index (χ0v) is 10.8. The van der Waals surface area contributed by atoms with E-state index in [4.69, 9.17) is 11.2 Å². The zero-order chi connectivity index (χ0) is 14.1. The third-order valence-corrected chi connectivity index (χ3v) is 2.48. The number of terminal acetylenes is 1. The van der Waals surface area contributed by atoms with Gasteiger partial charge >= 0.3 is 6.61 Å². The lowest BCUT2D eigenvalue weighted by molar-refractivity contribution is -0.0518. The smallest absolute Gasteiger partial charge is 0.387 e. The summed E-state index contributed by atoms with van der Waals surface area (Å²) in [7, 11) is 1.41. The van der Waals surface area contributed by atoms with Crippen LogP contribution in [0.3, 0.4) is 0 Å². The molecule has 0 aliphatic carbocycles. The number of hydrogen-bond donors (Lipinski definition) is 1. The molecule has 0 bridgehead atoms. The van der Waals surface area contributed by atoms with E-state index in [1.807, 2.05) is 0 Å². The maximum Gasteiger partial charge on any atom is 0.387 e. The van der Waals surface area contributed by atoms with Gasteiger partial charge < -0.3 is 14.8 Å². The molecule has 0 fully saturated rings. The summed E-state index contributed by atoms with van der Waals surface area (Å²) in [5, 5.41) is 3.13. The van der Waals surface area contributed by atoms with E-state index in [1.54, 1.807) is 18.2 Å². The fraction of sp³-hybridized carbons (Fsp3) is 0.429. The quantitative estimate of drug-likeness (QED) is 0.581. The van der Waals surface area contributed by atoms with E-state index in [-0.39, 0.29) is 5.75 Å². The number of halogens is 2. The third-order valence-electron chi connectivity index (χ3n) is 2.48. The van der Waals surface area contributed by atoms with Crippen molar-refractivity contribution in [3.63, 3.8) is 0 Å². The van der Waals surface area contributed by atoms with Crippen molar-refractivity contribution in [3.05, 3.63) is 23.8 Å². The van der Waals surface area contributed by atoms with E-state index < -0.39 is 6.61 Å². The second kappa shape index (κ2) is 8.33. The lowest BCUT2D eigenvalue weighted by Crippen LogP contribution is -2.16. The number of methoxy groups -OCH3 is 1. The number of hydrogen-bond acceptors (Lipinski definition) is 3. The average Bonchev–Trinajstić information content (AvgIpc) is 2.39. The van der Waals surface area contributed by atoms with Crippen LogP contribution in [-0.2, 0) is 6.54 Å². The van der Waals surface area contributed by atoms with Crippen LogP contribution >= 0.6 is 0 Å². The normalized spacial score (nSPS) is 10.3. The average molecular weight is 269 g/mol. The van der Waals surface area contributed by atoms with Crippen molar-refractivity contribution in [2.24, 2.45) is 0 Å². The lowest BCUT2D eigenvalue weighted by atomic mass is 10.2. The largest absolute Gasteiger partial charge is 0.493 e. The van der Waals surface area contributed by atoms with Gasteiger partial charge in [-0.05, 0) is 19.0 Å². The first kappa shape index (κ1) is 15.3. The van der Waals surface area contributed by atoms with Crippen LogP contribution in [0.15, 0.2) is 18.2 Å². The molecule has 0 aliphatic heterocycles. The third kappa shape index (κ3) is 5.14. The van der Waals surface area contributed by atoms with Crippen LogP contribution in [0.4, 0.5) is 8.78 Å². The first-order valence-electron chi connectivity index (χ1n) is 5.94. The van der Waals surface area contributed by atoms with E-state index in [1.165, 1.54) is 7.11 Å². The minimum atomic E-state index is -2.88. The summed E-state index contributed by atoms with van der Waals surface area (Å²) in [4.78, 5) is 0. The molecule has 104 valence electrons. The fourth-order valence-corrected chi connectivity index (χ4v) is 1.62. The van der Waals surface area contributed by atoms with Gasteiger partial charge in [-0.3, -0.25) is 0 Å². The van der Waals surface area contributed by atoms with E-state index in [0.29, 0.717) is 24.3 Å². The molecule has 3 nitrogen and oxygen atoms in total. The Kier molecular flexibility index (Phi) is 6.69. The van der Waals surface area contributed by atoms with Gasteiger partial charge in [0.15, 0.2) is 11.5 Å². The van der Waals surface area contributed by atoms with Gasteiger partial charge in [-0.15, -0.1) is 12.3 Å². The molecule has 0 amide bonds. The Labute approximate surface area is 111 Å². The summed E-state index contributed by atoms with van der Waals surface area (Å²) >= 11 is 0. The number of para-hydroxylation sites is 1. The van der Waals surface area contributed by atoms with Crippen molar-refractivity contribution in [2.45, 2.75) is 26.0 Å². The molecular weight excluding hydrogens is 252 g/mol. The predicted octanol–water partition coefficient (Wildman–Crippen LogP) is 2.80. The van der Waals surface area contributed by atoms with Crippen LogP contribution in [-0.4, -0.2) is 20.3 Å². The number of nitrogens with one attached hydrogen (secondary N) is 1. The molecule has 0 atom stereocenters. The predicted molar refractivity (Wildman–Crippen MR) is 69.4 cm³/mol. The maximum absolute atomic E-state index is 12.4. The molecule has 0 radical (unpaired) electrons. The highest BCUT2D eigenvalue weighted by molar-refractivity contribution is 5.46. The molecule has 0 heterocycles. The number of unbranched alkanes of at least 4 members (excludes halogenated alkanes) is 1. The Hall–Kier alpha value is -1.80. The lowest BCUT2D eigenvalue weighted by Gasteiger charge is -2.14. The molecule has 0 saturated heterocycles. The van der Waals surface area contributed by atoms with Crippen molar-refractivity contribution < 1.29 is 18.3 Å². The minimum Gasteiger partial charge on any atom is -0.493 e. The number of ether oxygens (including phenoxy) is 2. The Morgan fingerprint density at radius 3 is 2.84 bits per heavy atom. The Balaban J connectivity index is 2.67. The monoisotopic (exact) mass is 269 g/mol. The summed E-state index contributed by atoms with van der Waals surface area (Å²) in [6, 6.07) is 5.03. The van der Waals surface area contributed by atoms with Crippen molar-refractivity contribution in [3.8, 4) is 23.8 Å². The van der Waals surface area contributed by atoms with E-state index >= 15 is 0 Å². The Morgan fingerprint density at radius 2 is 2.21 bits per heavy atom. The molecule has 0 unspecified atom stereocenters. The highest BCUT2D eigenvalue weighted by Gasteiger charge is 2.14. The van der Waals surface area contributed by atoms with Gasteiger partial charge in [0.05, 0.1) is 7.11 Å².